The molecule has 3 heteroatoms. The summed E-state index contributed by atoms with van der Waals surface area (Å²) in [5.74, 6) is 0. The monoisotopic (exact) mass is 150 g/mol. The molecule has 1 rings (SSSR count). The molecule has 0 aliphatic rings. The third-order valence-electron chi connectivity index (χ3n) is 0.646. The van der Waals surface area contributed by atoms with Gasteiger partial charge in [-0.25, -0.2) is 0 Å². The van der Waals surface area contributed by atoms with E-state index in [1.807, 2.05) is 12.1 Å². The third-order valence-corrected chi connectivity index (χ3v) is 0.910. The van der Waals surface area contributed by atoms with Crippen molar-refractivity contribution in [2.75, 3.05) is 0 Å². The Balaban J connectivity index is 0.000000490. The van der Waals surface area contributed by atoms with Crippen LogP contribution in [0.2, 0.25) is 0 Å². The molecule has 1 aromatic heterocycles. The maximum Gasteiger partial charge on any atom is 1.00 e. The minimum atomic E-state index is 0. The van der Waals surface area contributed by atoms with Crippen molar-refractivity contribution in [3.63, 3.8) is 0 Å². The molecule has 36 valence electrons. The van der Waals surface area contributed by atoms with Crippen molar-refractivity contribution < 1.29 is 51.4 Å². The second-order valence-electron chi connectivity index (χ2n) is 1.21. The number of nitrogens with zero attached hydrogens (tertiary/aromatic N) is 1. The van der Waals surface area contributed by atoms with E-state index in [0.29, 0.717) is 0 Å². The van der Waals surface area contributed by atoms with Gasteiger partial charge >= 0.3 is 51.4 Å². The van der Waals surface area contributed by atoms with Gasteiger partial charge in [0.15, 0.2) is 0 Å². The van der Waals surface area contributed by atoms with Crippen molar-refractivity contribution in [1.82, 2.24) is 4.98 Å². The van der Waals surface area contributed by atoms with Crippen LogP contribution in [0.4, 0.5) is 0 Å². The zero-order chi connectivity index (χ0) is 5.11. The molecule has 0 saturated heterocycles. The van der Waals surface area contributed by atoms with Crippen molar-refractivity contribution in [3.05, 3.63) is 24.5 Å². The molecule has 0 N–H and O–H groups in total. The third kappa shape index (κ3) is 3.22. The summed E-state index contributed by atoms with van der Waals surface area (Å²) >= 11 is 4.02. The van der Waals surface area contributed by atoms with Crippen LogP contribution >= 0.6 is 12.6 Å². The van der Waals surface area contributed by atoms with Gasteiger partial charge in [-0.15, -0.1) is 12.6 Å². The van der Waals surface area contributed by atoms with Crippen LogP contribution in [-0.4, -0.2) is 4.98 Å². The second-order valence-corrected chi connectivity index (χ2v) is 1.73. The van der Waals surface area contributed by atoms with Gasteiger partial charge < -0.3 is 0 Å². The minimum absolute atomic E-state index is 0. The second kappa shape index (κ2) is 4.96. The number of hydrogen-bond donors (Lipinski definition) is 1. The van der Waals surface area contributed by atoms with E-state index in [9.17, 15) is 0 Å². The SMILES string of the molecule is Sc1cccnc1.[K+]. The molecule has 0 radical (unpaired) electrons. The number of rotatable bonds is 0. The van der Waals surface area contributed by atoms with E-state index in [1.165, 1.54) is 0 Å². The zero-order valence-corrected chi connectivity index (χ0v) is 8.72. The molecule has 0 unspecified atom stereocenters. The van der Waals surface area contributed by atoms with E-state index >= 15 is 0 Å². The Kier molecular flexibility index (Phi) is 5.67. The van der Waals surface area contributed by atoms with Crippen LogP contribution in [0.5, 0.6) is 0 Å². The van der Waals surface area contributed by atoms with E-state index in [1.54, 1.807) is 12.4 Å². The van der Waals surface area contributed by atoms with Crippen molar-refractivity contribution in [2.24, 2.45) is 0 Å². The molecular weight excluding hydrogens is 145 g/mol. The van der Waals surface area contributed by atoms with Crippen LogP contribution in [-0.2, 0) is 0 Å². The fourth-order valence-corrected chi connectivity index (χ4v) is 0.506. The number of hydrogen-bond acceptors (Lipinski definition) is 2. The van der Waals surface area contributed by atoms with E-state index in [4.69, 9.17) is 0 Å². The number of pyridine rings is 1. The van der Waals surface area contributed by atoms with E-state index < -0.39 is 0 Å². The van der Waals surface area contributed by atoms with Crippen LogP contribution in [0.3, 0.4) is 0 Å². The van der Waals surface area contributed by atoms with Crippen molar-refractivity contribution >= 4 is 12.6 Å². The van der Waals surface area contributed by atoms with Gasteiger partial charge in [0.05, 0.1) is 0 Å². The van der Waals surface area contributed by atoms with Gasteiger partial charge in [-0.3, -0.25) is 4.98 Å². The van der Waals surface area contributed by atoms with Gasteiger partial charge in [0, 0.05) is 17.3 Å². The van der Waals surface area contributed by atoms with Crippen LogP contribution in [0, 0.1) is 0 Å². The maximum atomic E-state index is 4.02. The van der Waals surface area contributed by atoms with Crippen LogP contribution in [0.25, 0.3) is 0 Å². The van der Waals surface area contributed by atoms with Gasteiger partial charge in [-0.2, -0.15) is 0 Å². The summed E-state index contributed by atoms with van der Waals surface area (Å²) in [7, 11) is 0. The largest absolute Gasteiger partial charge is 1.00 e. The fraction of sp³-hybridized carbons (Fsp3) is 0. The standard InChI is InChI=1S/C5H5NS.K/c7-5-2-1-3-6-4-5;/h1-4,7H;/q;+1. The van der Waals surface area contributed by atoms with Crippen molar-refractivity contribution in [2.45, 2.75) is 4.90 Å². The summed E-state index contributed by atoms with van der Waals surface area (Å²) in [5.41, 5.74) is 0. The Labute approximate surface area is 96.7 Å². The summed E-state index contributed by atoms with van der Waals surface area (Å²) in [5, 5.41) is 0. The molecule has 1 aromatic rings. The molecule has 0 saturated carbocycles. The van der Waals surface area contributed by atoms with Gasteiger partial charge in [-0.05, 0) is 12.1 Å². The molecule has 0 fully saturated rings. The summed E-state index contributed by atoms with van der Waals surface area (Å²) < 4.78 is 0. The van der Waals surface area contributed by atoms with Crippen LogP contribution in [0.15, 0.2) is 29.4 Å². The predicted molar refractivity (Wildman–Crippen MR) is 31.5 cm³/mol. The molecular formula is C5H5KNS+. The Morgan fingerprint density at radius 3 is 2.50 bits per heavy atom. The zero-order valence-electron chi connectivity index (χ0n) is 4.70. The molecule has 1 nitrogen and oxygen atoms in total. The smallest absolute Gasteiger partial charge is 0.264 e. The molecule has 0 spiro atoms. The van der Waals surface area contributed by atoms with Crippen molar-refractivity contribution in [3.8, 4) is 0 Å². The van der Waals surface area contributed by atoms with Crippen molar-refractivity contribution in [1.29, 1.82) is 0 Å². The summed E-state index contributed by atoms with van der Waals surface area (Å²) in [6, 6.07) is 3.73. The van der Waals surface area contributed by atoms with Gasteiger partial charge in [0.2, 0.25) is 0 Å². The van der Waals surface area contributed by atoms with Crippen LogP contribution < -0.4 is 51.4 Å². The molecule has 0 aliphatic heterocycles. The summed E-state index contributed by atoms with van der Waals surface area (Å²) in [6.45, 7) is 0. The van der Waals surface area contributed by atoms with E-state index in [0.717, 1.165) is 4.90 Å². The maximum absolute atomic E-state index is 4.02. The number of aromatic nitrogens is 1. The first-order chi connectivity index (χ1) is 3.39. The first-order valence-corrected chi connectivity index (χ1v) is 2.43. The fourth-order valence-electron chi connectivity index (χ4n) is 0.354. The quantitative estimate of drug-likeness (QED) is 0.346. The van der Waals surface area contributed by atoms with E-state index in [-0.39, 0.29) is 51.4 Å². The first-order valence-electron chi connectivity index (χ1n) is 1.98. The molecule has 1 heterocycles. The normalized spacial score (nSPS) is 7.62. The van der Waals surface area contributed by atoms with Gasteiger partial charge in [0.25, 0.3) is 0 Å². The molecule has 0 amide bonds. The molecule has 0 aliphatic carbocycles. The Bertz CT molecular complexity index is 142. The van der Waals surface area contributed by atoms with Gasteiger partial charge in [-0.1, -0.05) is 0 Å². The average Bonchev–Trinajstić information content (AvgIpc) is 1.69. The Morgan fingerprint density at radius 1 is 1.50 bits per heavy atom. The summed E-state index contributed by atoms with van der Waals surface area (Å²) in [6.07, 6.45) is 3.42. The summed E-state index contributed by atoms with van der Waals surface area (Å²) in [4.78, 5) is 4.71. The van der Waals surface area contributed by atoms with Crippen LogP contribution in [0.1, 0.15) is 0 Å². The predicted octanol–water partition coefficient (Wildman–Crippen LogP) is -1.63. The van der Waals surface area contributed by atoms with Gasteiger partial charge in [0.1, 0.15) is 0 Å². The Morgan fingerprint density at radius 2 is 2.25 bits per heavy atom. The molecule has 0 aromatic carbocycles. The average molecular weight is 150 g/mol. The minimum Gasteiger partial charge on any atom is -0.264 e. The van der Waals surface area contributed by atoms with E-state index in [2.05, 4.69) is 17.6 Å². The first kappa shape index (κ1) is 9.14. The molecule has 8 heavy (non-hydrogen) atoms. The molecule has 0 bridgehead atoms. The topological polar surface area (TPSA) is 12.9 Å². The molecule has 0 atom stereocenters. The number of thiol groups is 1. The Hall–Kier alpha value is 1.14.